The largest absolute Gasteiger partial charge is 0.399 e. The maximum Gasteiger partial charge on any atom is 0.0660 e. The number of nitrogens with zero attached hydrogens (tertiary/aromatic N) is 1. The van der Waals surface area contributed by atoms with Crippen LogP contribution in [0.2, 0.25) is 5.02 Å². The van der Waals surface area contributed by atoms with Gasteiger partial charge >= 0.3 is 0 Å². The molecule has 1 aromatic rings. The molecule has 1 aromatic carbocycles. The minimum atomic E-state index is 0.724. The quantitative estimate of drug-likeness (QED) is 0.721. The van der Waals surface area contributed by atoms with Crippen LogP contribution in [0, 0.1) is 6.42 Å². The number of rotatable bonds is 1. The van der Waals surface area contributed by atoms with E-state index >= 15 is 0 Å². The molecule has 14 heavy (non-hydrogen) atoms. The van der Waals surface area contributed by atoms with Gasteiger partial charge in [0.1, 0.15) is 0 Å². The van der Waals surface area contributed by atoms with Gasteiger partial charge in [0.2, 0.25) is 0 Å². The molecule has 2 rings (SSSR count). The van der Waals surface area contributed by atoms with Crippen molar-refractivity contribution in [1.29, 1.82) is 0 Å². The van der Waals surface area contributed by atoms with Gasteiger partial charge in [-0.15, -0.1) is 0 Å². The van der Waals surface area contributed by atoms with E-state index < -0.39 is 0 Å². The normalized spacial score (nSPS) is 17.1. The van der Waals surface area contributed by atoms with Crippen LogP contribution < -0.4 is 10.6 Å². The average molecular weight is 210 g/mol. The van der Waals surface area contributed by atoms with E-state index in [-0.39, 0.29) is 0 Å². The second kappa shape index (κ2) is 4.09. The lowest BCUT2D eigenvalue weighted by molar-refractivity contribution is 0.679. The Balaban J connectivity index is 2.22. The number of piperidine rings is 1. The highest BCUT2D eigenvalue weighted by Gasteiger charge is 2.13. The number of hydrogen-bond donors (Lipinski definition) is 1. The van der Waals surface area contributed by atoms with Crippen LogP contribution >= 0.6 is 11.6 Å². The third-order valence-electron chi connectivity index (χ3n) is 2.52. The van der Waals surface area contributed by atoms with Gasteiger partial charge in [-0.3, -0.25) is 0 Å². The van der Waals surface area contributed by atoms with E-state index in [2.05, 4.69) is 11.3 Å². The Morgan fingerprint density at radius 2 is 1.93 bits per heavy atom. The molecule has 0 spiro atoms. The van der Waals surface area contributed by atoms with Crippen molar-refractivity contribution in [2.75, 3.05) is 23.7 Å². The lowest BCUT2D eigenvalue weighted by atomic mass is 10.1. The van der Waals surface area contributed by atoms with Gasteiger partial charge in [-0.2, -0.15) is 0 Å². The number of nitrogens with two attached hydrogens (primary N) is 1. The fraction of sp³-hybridized carbons (Fsp3) is 0.364. The van der Waals surface area contributed by atoms with Crippen LogP contribution in [-0.2, 0) is 0 Å². The molecule has 0 bridgehead atoms. The Bertz CT molecular complexity index is 319. The number of halogens is 1. The van der Waals surface area contributed by atoms with Gasteiger partial charge in [-0.05, 0) is 37.5 Å². The van der Waals surface area contributed by atoms with E-state index in [9.17, 15) is 0 Å². The van der Waals surface area contributed by atoms with Crippen molar-refractivity contribution in [3.05, 3.63) is 29.6 Å². The molecule has 1 aliphatic heterocycles. The maximum absolute atomic E-state index is 6.13. The van der Waals surface area contributed by atoms with Gasteiger partial charge in [-0.25, -0.2) is 0 Å². The van der Waals surface area contributed by atoms with Crippen molar-refractivity contribution < 1.29 is 0 Å². The Kier molecular flexibility index (Phi) is 2.82. The number of benzene rings is 1. The summed E-state index contributed by atoms with van der Waals surface area (Å²) < 4.78 is 0. The second-order valence-corrected chi connectivity index (χ2v) is 3.97. The predicted octanol–water partition coefficient (Wildman–Crippen LogP) is 2.73. The minimum absolute atomic E-state index is 0.724. The smallest absolute Gasteiger partial charge is 0.0660 e. The fourth-order valence-corrected chi connectivity index (χ4v) is 2.08. The first-order valence-corrected chi connectivity index (χ1v) is 5.27. The molecule has 75 valence electrons. The molecule has 0 saturated carbocycles. The van der Waals surface area contributed by atoms with Gasteiger partial charge < -0.3 is 10.6 Å². The van der Waals surface area contributed by atoms with Crippen molar-refractivity contribution >= 4 is 23.0 Å². The molecule has 1 radical (unpaired) electrons. The first kappa shape index (κ1) is 9.66. The van der Waals surface area contributed by atoms with E-state index in [0.29, 0.717) is 0 Å². The highest BCUT2D eigenvalue weighted by Crippen LogP contribution is 2.29. The molecule has 1 aliphatic rings. The highest BCUT2D eigenvalue weighted by molar-refractivity contribution is 6.33. The molecule has 0 aliphatic carbocycles. The average Bonchev–Trinajstić information content (AvgIpc) is 2.19. The summed E-state index contributed by atoms with van der Waals surface area (Å²) in [5.41, 5.74) is 7.48. The zero-order valence-corrected chi connectivity index (χ0v) is 8.80. The summed E-state index contributed by atoms with van der Waals surface area (Å²) in [5, 5.41) is 0.756. The summed E-state index contributed by atoms with van der Waals surface area (Å²) in [7, 11) is 0. The lowest BCUT2D eigenvalue weighted by Gasteiger charge is -2.29. The van der Waals surface area contributed by atoms with Crippen LogP contribution in [0.25, 0.3) is 0 Å². The number of anilines is 2. The molecule has 3 heteroatoms. The Labute approximate surface area is 89.7 Å². The van der Waals surface area contributed by atoms with Crippen LogP contribution in [0.1, 0.15) is 12.8 Å². The van der Waals surface area contributed by atoms with Crippen molar-refractivity contribution in [3.8, 4) is 0 Å². The summed E-state index contributed by atoms with van der Waals surface area (Å²) in [4.78, 5) is 2.31. The van der Waals surface area contributed by atoms with Gasteiger partial charge in [0.25, 0.3) is 0 Å². The topological polar surface area (TPSA) is 29.3 Å². The summed E-state index contributed by atoms with van der Waals surface area (Å²) in [6.07, 6.45) is 4.60. The SMILES string of the molecule is Nc1ccc(N2CC[CH]CC2)c(Cl)c1. The third-order valence-corrected chi connectivity index (χ3v) is 2.82. The maximum atomic E-state index is 6.13. The van der Waals surface area contributed by atoms with Crippen LogP contribution in [-0.4, -0.2) is 13.1 Å². The van der Waals surface area contributed by atoms with Crippen molar-refractivity contribution in [2.45, 2.75) is 12.8 Å². The van der Waals surface area contributed by atoms with E-state index in [0.717, 1.165) is 42.3 Å². The molecule has 1 fully saturated rings. The van der Waals surface area contributed by atoms with Crippen molar-refractivity contribution in [1.82, 2.24) is 0 Å². The van der Waals surface area contributed by atoms with E-state index in [1.165, 1.54) is 0 Å². The third kappa shape index (κ3) is 1.95. The standard InChI is InChI=1S/C11H14ClN2/c12-10-8-9(13)4-5-11(10)14-6-2-1-3-7-14/h1,4-5,8H,2-3,6-7,13H2. The molecule has 2 nitrogen and oxygen atoms in total. The highest BCUT2D eigenvalue weighted by atomic mass is 35.5. The van der Waals surface area contributed by atoms with Crippen molar-refractivity contribution in [2.24, 2.45) is 0 Å². The Morgan fingerprint density at radius 1 is 1.21 bits per heavy atom. The number of hydrogen-bond acceptors (Lipinski definition) is 2. The minimum Gasteiger partial charge on any atom is -0.399 e. The lowest BCUT2D eigenvalue weighted by Crippen LogP contribution is -2.29. The molecule has 0 aromatic heterocycles. The van der Waals surface area contributed by atoms with Gasteiger partial charge in [0, 0.05) is 18.8 Å². The van der Waals surface area contributed by atoms with E-state index in [1.807, 2.05) is 18.2 Å². The monoisotopic (exact) mass is 209 g/mol. The fourth-order valence-electron chi connectivity index (χ4n) is 1.77. The van der Waals surface area contributed by atoms with Crippen LogP contribution in [0.4, 0.5) is 11.4 Å². The van der Waals surface area contributed by atoms with Gasteiger partial charge in [0.05, 0.1) is 10.7 Å². The zero-order chi connectivity index (χ0) is 9.97. The second-order valence-electron chi connectivity index (χ2n) is 3.56. The Morgan fingerprint density at radius 3 is 2.57 bits per heavy atom. The molecule has 1 heterocycles. The van der Waals surface area contributed by atoms with Gasteiger partial charge in [0.15, 0.2) is 0 Å². The molecule has 1 saturated heterocycles. The molecular formula is C11H14ClN2. The van der Waals surface area contributed by atoms with Crippen LogP contribution in [0.15, 0.2) is 18.2 Å². The molecule has 2 N–H and O–H groups in total. The summed E-state index contributed by atoms with van der Waals surface area (Å²) in [6, 6.07) is 5.72. The zero-order valence-electron chi connectivity index (χ0n) is 8.04. The molecule has 0 atom stereocenters. The first-order valence-electron chi connectivity index (χ1n) is 4.89. The molecule has 0 unspecified atom stereocenters. The van der Waals surface area contributed by atoms with Crippen molar-refractivity contribution in [3.63, 3.8) is 0 Å². The number of nitrogen functional groups attached to an aromatic ring is 1. The summed E-state index contributed by atoms with van der Waals surface area (Å²) in [6.45, 7) is 2.12. The molecule has 0 amide bonds. The van der Waals surface area contributed by atoms with Gasteiger partial charge in [-0.1, -0.05) is 11.6 Å². The molecular weight excluding hydrogens is 196 g/mol. The summed E-state index contributed by atoms with van der Waals surface area (Å²) >= 11 is 6.13. The summed E-state index contributed by atoms with van der Waals surface area (Å²) in [5.74, 6) is 0. The predicted molar refractivity (Wildman–Crippen MR) is 61.6 cm³/mol. The van der Waals surface area contributed by atoms with Crippen LogP contribution in [0.3, 0.4) is 0 Å². The first-order chi connectivity index (χ1) is 6.77. The van der Waals surface area contributed by atoms with E-state index in [1.54, 1.807) is 0 Å². The van der Waals surface area contributed by atoms with Crippen LogP contribution in [0.5, 0.6) is 0 Å². The van der Waals surface area contributed by atoms with E-state index in [4.69, 9.17) is 17.3 Å². The Hall–Kier alpha value is -0.890.